The number of carbonyl (C=O) groups is 2. The van der Waals surface area contributed by atoms with Crippen LogP contribution in [0.4, 0.5) is 35.9 Å². The molecule has 0 radical (unpaired) electrons. The number of nitriles is 2. The van der Waals surface area contributed by atoms with E-state index in [1.54, 1.807) is 0 Å². The summed E-state index contributed by atoms with van der Waals surface area (Å²) in [7, 11) is -9.86. The van der Waals surface area contributed by atoms with E-state index in [4.69, 9.17) is 5.26 Å². The lowest BCUT2D eigenvalue weighted by molar-refractivity contribution is -0.130. The van der Waals surface area contributed by atoms with Crippen LogP contribution in [0.1, 0.15) is 11.1 Å². The van der Waals surface area contributed by atoms with E-state index in [1.165, 1.54) is 6.07 Å². The van der Waals surface area contributed by atoms with Gasteiger partial charge in [0.1, 0.15) is 33.8 Å². The number of carbonyl (C=O) groups excluding carboxylic acids is 1. The standard InChI is InChI=1S/C24H12F3N7O9S2/c25-17-13(8-28)19(27)20(14(9-29)18(17)26)30-10-4-5-16(45(41,42)43)15(6-10)31-32-21-22(24(36)37)33-34(23(21)35)11-2-1-3-12(7-11)44(38,39)40/h1-7,21,30H,(H,36,37)(H,38,39,40)(H,41,42,43). The third-order valence-electron chi connectivity index (χ3n) is 5.82. The molecule has 0 aliphatic carbocycles. The van der Waals surface area contributed by atoms with Crippen LogP contribution in [0.15, 0.2) is 67.6 Å². The van der Waals surface area contributed by atoms with E-state index in [2.05, 4.69) is 20.6 Å². The summed E-state index contributed by atoms with van der Waals surface area (Å²) >= 11 is 0. The number of hydrogen-bond acceptors (Lipinski definition) is 12. The van der Waals surface area contributed by atoms with Crippen molar-refractivity contribution in [1.29, 1.82) is 10.5 Å². The fourth-order valence-electron chi connectivity index (χ4n) is 3.81. The lowest BCUT2D eigenvalue weighted by atomic mass is 10.1. The van der Waals surface area contributed by atoms with Gasteiger partial charge >= 0.3 is 5.97 Å². The van der Waals surface area contributed by atoms with E-state index in [0.29, 0.717) is 17.1 Å². The second-order valence-corrected chi connectivity index (χ2v) is 11.4. The Morgan fingerprint density at radius 2 is 1.60 bits per heavy atom. The predicted molar refractivity (Wildman–Crippen MR) is 142 cm³/mol. The van der Waals surface area contributed by atoms with Gasteiger partial charge in [0, 0.05) is 5.69 Å². The molecule has 1 amide bonds. The van der Waals surface area contributed by atoms with Gasteiger partial charge in [-0.1, -0.05) is 6.07 Å². The Hall–Kier alpha value is -5.74. The lowest BCUT2D eigenvalue weighted by Gasteiger charge is -2.14. The number of carboxylic acid groups (broad SMARTS) is 1. The van der Waals surface area contributed by atoms with Crippen LogP contribution in [0.2, 0.25) is 0 Å². The molecule has 3 aromatic rings. The van der Waals surface area contributed by atoms with E-state index < -0.39 is 99.3 Å². The minimum Gasteiger partial charge on any atom is -0.477 e. The van der Waals surface area contributed by atoms with Crippen molar-refractivity contribution in [3.63, 3.8) is 0 Å². The van der Waals surface area contributed by atoms with Crippen molar-refractivity contribution < 1.29 is 53.8 Å². The summed E-state index contributed by atoms with van der Waals surface area (Å²) in [6, 6.07) is 6.42. The predicted octanol–water partition coefficient (Wildman–Crippen LogP) is 3.02. The van der Waals surface area contributed by atoms with Gasteiger partial charge in [-0.25, -0.2) is 18.0 Å². The molecule has 1 unspecified atom stereocenters. The molecule has 1 aliphatic heterocycles. The topological polar surface area (TPSA) is 263 Å². The second kappa shape index (κ2) is 11.7. The van der Waals surface area contributed by atoms with E-state index in [-0.39, 0.29) is 5.69 Å². The van der Waals surface area contributed by atoms with Crippen LogP contribution in [0.25, 0.3) is 0 Å². The number of carboxylic acids is 1. The average Bonchev–Trinajstić information content (AvgIpc) is 3.30. The van der Waals surface area contributed by atoms with Gasteiger partial charge in [0.2, 0.25) is 6.04 Å². The van der Waals surface area contributed by atoms with Crippen molar-refractivity contribution in [1.82, 2.24) is 0 Å². The van der Waals surface area contributed by atoms with Gasteiger partial charge in [-0.15, -0.1) is 0 Å². The van der Waals surface area contributed by atoms with Crippen molar-refractivity contribution in [3.05, 3.63) is 71.0 Å². The molecule has 0 saturated carbocycles. The number of hydrogen-bond donors (Lipinski definition) is 4. The summed E-state index contributed by atoms with van der Waals surface area (Å²) in [5, 5.41) is 41.0. The Morgan fingerprint density at radius 1 is 0.956 bits per heavy atom. The van der Waals surface area contributed by atoms with Crippen molar-refractivity contribution in [2.75, 3.05) is 10.3 Å². The normalized spacial score (nSPS) is 15.1. The first-order chi connectivity index (χ1) is 21.0. The van der Waals surface area contributed by atoms with E-state index >= 15 is 0 Å². The molecule has 3 aromatic carbocycles. The maximum Gasteiger partial charge on any atom is 0.355 e. The zero-order chi connectivity index (χ0) is 33.4. The fourth-order valence-corrected chi connectivity index (χ4v) is 4.93. The van der Waals surface area contributed by atoms with Crippen LogP contribution in [0.3, 0.4) is 0 Å². The number of azo groups is 1. The summed E-state index contributed by atoms with van der Waals surface area (Å²) in [6.45, 7) is 0. The second-order valence-electron chi connectivity index (χ2n) is 8.60. The van der Waals surface area contributed by atoms with Crippen LogP contribution in [0, 0.1) is 40.1 Å². The van der Waals surface area contributed by atoms with Crippen LogP contribution >= 0.6 is 0 Å². The highest BCUT2D eigenvalue weighted by Gasteiger charge is 2.41. The zero-order valence-electron chi connectivity index (χ0n) is 21.5. The first kappa shape index (κ1) is 32.2. The molecule has 16 nitrogen and oxygen atoms in total. The highest BCUT2D eigenvalue weighted by atomic mass is 32.2. The van der Waals surface area contributed by atoms with Gasteiger partial charge in [0.25, 0.3) is 26.1 Å². The zero-order valence-corrected chi connectivity index (χ0v) is 23.2. The molecule has 230 valence electrons. The molecule has 0 fully saturated rings. The lowest BCUT2D eigenvalue weighted by Crippen LogP contribution is -2.33. The Kier molecular flexibility index (Phi) is 8.40. The first-order valence-electron chi connectivity index (χ1n) is 11.5. The summed E-state index contributed by atoms with van der Waals surface area (Å²) in [6.07, 6.45) is 0. The molecular formula is C24H12F3N7O9S2. The molecule has 1 heterocycles. The SMILES string of the molecule is N#Cc1c(F)c(F)c(C#N)c(Nc2ccc(S(=O)(=O)O)c(N=NC3C(=O)N(c4cccc(S(=O)(=O)O)c4)N=C3C(=O)O)c2)c1F. The number of hydrazone groups is 1. The van der Waals surface area contributed by atoms with Gasteiger partial charge in [-0.3, -0.25) is 13.9 Å². The molecule has 1 atom stereocenters. The Bertz CT molecular complexity index is 2180. The summed E-state index contributed by atoms with van der Waals surface area (Å²) in [5.41, 5.74) is -6.17. The molecule has 21 heteroatoms. The molecule has 0 spiro atoms. The molecule has 4 N–H and O–H groups in total. The quantitative estimate of drug-likeness (QED) is 0.154. The van der Waals surface area contributed by atoms with Crippen molar-refractivity contribution >= 4 is 60.6 Å². The third kappa shape index (κ3) is 6.17. The number of halogens is 3. The Labute approximate surface area is 249 Å². The summed E-state index contributed by atoms with van der Waals surface area (Å²) < 4.78 is 109. The van der Waals surface area contributed by atoms with Gasteiger partial charge in [0.15, 0.2) is 23.2 Å². The van der Waals surface area contributed by atoms with Gasteiger partial charge in [-0.2, -0.15) is 47.7 Å². The van der Waals surface area contributed by atoms with Gasteiger partial charge < -0.3 is 10.4 Å². The smallest absolute Gasteiger partial charge is 0.355 e. The Morgan fingerprint density at radius 3 is 2.18 bits per heavy atom. The largest absolute Gasteiger partial charge is 0.477 e. The minimum absolute atomic E-state index is 0.324. The number of benzene rings is 3. The minimum atomic E-state index is -5.11. The number of nitrogens with one attached hydrogen (secondary N) is 1. The first-order valence-corrected chi connectivity index (χ1v) is 14.4. The maximum atomic E-state index is 14.8. The Balaban J connectivity index is 1.79. The van der Waals surface area contributed by atoms with E-state index in [1.807, 2.05) is 0 Å². The molecule has 45 heavy (non-hydrogen) atoms. The maximum absolute atomic E-state index is 14.8. The monoisotopic (exact) mass is 663 g/mol. The number of nitrogens with zero attached hydrogens (tertiary/aromatic N) is 6. The van der Waals surface area contributed by atoms with E-state index in [9.17, 15) is 59.1 Å². The fraction of sp³-hybridized carbons (Fsp3) is 0.0417. The summed E-state index contributed by atoms with van der Waals surface area (Å²) in [5.74, 6) is -8.55. The molecule has 0 aromatic heterocycles. The van der Waals surface area contributed by atoms with Gasteiger partial charge in [0.05, 0.1) is 16.3 Å². The summed E-state index contributed by atoms with van der Waals surface area (Å²) in [4.78, 5) is 23.2. The third-order valence-corrected chi connectivity index (χ3v) is 7.57. The van der Waals surface area contributed by atoms with Crippen molar-refractivity contribution in [2.45, 2.75) is 15.8 Å². The highest BCUT2D eigenvalue weighted by Crippen LogP contribution is 2.35. The highest BCUT2D eigenvalue weighted by molar-refractivity contribution is 7.86. The average molecular weight is 664 g/mol. The van der Waals surface area contributed by atoms with Crippen LogP contribution in [-0.2, 0) is 29.8 Å². The van der Waals surface area contributed by atoms with Gasteiger partial charge in [-0.05, 0) is 36.4 Å². The van der Waals surface area contributed by atoms with Crippen LogP contribution in [0.5, 0.6) is 0 Å². The van der Waals surface area contributed by atoms with Crippen molar-refractivity contribution in [3.8, 4) is 12.1 Å². The number of aliphatic carboxylic acids is 1. The molecule has 4 rings (SSSR count). The molecule has 0 saturated heterocycles. The van der Waals surface area contributed by atoms with Crippen molar-refractivity contribution in [2.24, 2.45) is 15.3 Å². The van der Waals surface area contributed by atoms with Crippen LogP contribution in [-0.4, -0.2) is 54.7 Å². The number of anilines is 3. The van der Waals surface area contributed by atoms with E-state index in [0.717, 1.165) is 36.4 Å². The molecular weight excluding hydrogens is 651 g/mol. The number of rotatable bonds is 8. The van der Waals surface area contributed by atoms with Crippen LogP contribution < -0.4 is 10.3 Å². The molecule has 0 bridgehead atoms. The number of amides is 1. The molecule has 1 aliphatic rings.